The van der Waals surface area contributed by atoms with Gasteiger partial charge in [0.15, 0.2) is 0 Å². The van der Waals surface area contributed by atoms with Crippen LogP contribution in [0.3, 0.4) is 0 Å². The Kier molecular flexibility index (Phi) is 5.72. The fourth-order valence-corrected chi connectivity index (χ4v) is 3.46. The van der Waals surface area contributed by atoms with Gasteiger partial charge >= 0.3 is 6.03 Å². The van der Waals surface area contributed by atoms with Gasteiger partial charge in [0.1, 0.15) is 5.82 Å². The fraction of sp³-hybridized carbons (Fsp3) is 0.632. The smallest absolute Gasteiger partial charge is 0.315 e. The van der Waals surface area contributed by atoms with E-state index in [-0.39, 0.29) is 18.4 Å². The number of nitrogens with zero attached hydrogens (tertiary/aromatic N) is 1. The molecule has 1 aromatic rings. The molecule has 1 unspecified atom stereocenters. The Morgan fingerprint density at radius 3 is 2.83 bits per heavy atom. The Balaban J connectivity index is 1.42. The van der Waals surface area contributed by atoms with Gasteiger partial charge in [0.25, 0.3) is 0 Å². The summed E-state index contributed by atoms with van der Waals surface area (Å²) in [6.07, 6.45) is 5.93. The Labute approximate surface area is 143 Å². The molecule has 0 aromatic heterocycles. The van der Waals surface area contributed by atoms with Gasteiger partial charge in [-0.2, -0.15) is 0 Å². The van der Waals surface area contributed by atoms with Gasteiger partial charge in [0.05, 0.1) is 0 Å². The van der Waals surface area contributed by atoms with E-state index in [9.17, 15) is 9.18 Å². The minimum Gasteiger partial charge on any atom is -0.338 e. The zero-order valence-corrected chi connectivity index (χ0v) is 14.5. The van der Waals surface area contributed by atoms with Crippen LogP contribution in [0.1, 0.15) is 49.1 Å². The molecule has 3 rings (SSSR count). The zero-order valence-electron chi connectivity index (χ0n) is 14.5. The number of rotatable bonds is 5. The summed E-state index contributed by atoms with van der Waals surface area (Å²) in [6, 6.07) is 5.18. The van der Waals surface area contributed by atoms with Crippen LogP contribution in [0.25, 0.3) is 0 Å². The van der Waals surface area contributed by atoms with Crippen molar-refractivity contribution in [3.05, 3.63) is 35.1 Å². The summed E-state index contributed by atoms with van der Waals surface area (Å²) in [5.74, 6) is 0.824. The number of carbonyl (C=O) groups is 1. The molecule has 0 radical (unpaired) electrons. The molecular weight excluding hydrogens is 305 g/mol. The van der Waals surface area contributed by atoms with E-state index in [0.717, 1.165) is 37.9 Å². The molecule has 0 bridgehead atoms. The van der Waals surface area contributed by atoms with Gasteiger partial charge in [0, 0.05) is 25.2 Å². The Bertz CT molecular complexity index is 574. The highest BCUT2D eigenvalue weighted by atomic mass is 19.1. The van der Waals surface area contributed by atoms with Crippen LogP contribution in [0.2, 0.25) is 0 Å². The molecule has 2 aliphatic rings. The number of likely N-dealkylation sites (tertiary alicyclic amines) is 1. The Morgan fingerprint density at radius 1 is 1.25 bits per heavy atom. The van der Waals surface area contributed by atoms with Crippen molar-refractivity contribution in [2.45, 2.75) is 44.6 Å². The monoisotopic (exact) mass is 333 g/mol. The summed E-state index contributed by atoms with van der Waals surface area (Å²) < 4.78 is 14.1. The predicted molar refractivity (Wildman–Crippen MR) is 93.5 cm³/mol. The van der Waals surface area contributed by atoms with Crippen molar-refractivity contribution in [1.29, 1.82) is 0 Å². The average molecular weight is 333 g/mol. The summed E-state index contributed by atoms with van der Waals surface area (Å²) >= 11 is 0. The van der Waals surface area contributed by atoms with Crippen molar-refractivity contribution in [1.82, 2.24) is 15.5 Å². The number of nitrogens with one attached hydrogen (secondary N) is 2. The normalized spacial score (nSPS) is 22.0. The zero-order chi connectivity index (χ0) is 16.9. The van der Waals surface area contributed by atoms with E-state index in [1.165, 1.54) is 12.8 Å². The molecule has 1 heterocycles. The molecule has 1 saturated carbocycles. The number of urea groups is 1. The lowest BCUT2D eigenvalue weighted by atomic mass is 10.0. The van der Waals surface area contributed by atoms with E-state index in [1.54, 1.807) is 12.1 Å². The number of carbonyl (C=O) groups excluding carboxylic acids is 1. The van der Waals surface area contributed by atoms with Crippen molar-refractivity contribution < 1.29 is 9.18 Å². The molecule has 5 heteroatoms. The van der Waals surface area contributed by atoms with Crippen LogP contribution in [0.15, 0.2) is 18.2 Å². The second kappa shape index (κ2) is 7.97. The van der Waals surface area contributed by atoms with Gasteiger partial charge in [-0.3, -0.25) is 0 Å². The molecule has 4 nitrogen and oxygen atoms in total. The van der Waals surface area contributed by atoms with E-state index in [0.29, 0.717) is 23.9 Å². The highest BCUT2D eigenvalue weighted by molar-refractivity contribution is 5.73. The molecule has 1 aromatic carbocycles. The van der Waals surface area contributed by atoms with Gasteiger partial charge < -0.3 is 15.5 Å². The Hall–Kier alpha value is -1.62. The van der Waals surface area contributed by atoms with Crippen LogP contribution in [0.5, 0.6) is 0 Å². The van der Waals surface area contributed by atoms with Crippen molar-refractivity contribution in [3.8, 4) is 0 Å². The topological polar surface area (TPSA) is 44.4 Å². The van der Waals surface area contributed by atoms with Crippen molar-refractivity contribution >= 4 is 6.03 Å². The molecule has 132 valence electrons. The maximum absolute atomic E-state index is 14.1. The molecule has 2 fully saturated rings. The average Bonchev–Trinajstić information content (AvgIpc) is 3.40. The van der Waals surface area contributed by atoms with E-state index in [4.69, 9.17) is 0 Å². The van der Waals surface area contributed by atoms with E-state index in [1.807, 2.05) is 6.07 Å². The van der Waals surface area contributed by atoms with Crippen molar-refractivity contribution in [3.63, 3.8) is 0 Å². The quantitative estimate of drug-likeness (QED) is 0.869. The maximum Gasteiger partial charge on any atom is 0.315 e. The van der Waals surface area contributed by atoms with Gasteiger partial charge in [-0.1, -0.05) is 18.6 Å². The summed E-state index contributed by atoms with van der Waals surface area (Å²) in [4.78, 5) is 14.3. The highest BCUT2D eigenvalue weighted by Gasteiger charge is 2.24. The molecular formula is C19H28FN3O. The first kappa shape index (κ1) is 17.2. The van der Waals surface area contributed by atoms with E-state index in [2.05, 4.69) is 22.6 Å². The van der Waals surface area contributed by atoms with Gasteiger partial charge in [-0.15, -0.1) is 0 Å². The summed E-state index contributed by atoms with van der Waals surface area (Å²) in [6.45, 7) is 3.07. The summed E-state index contributed by atoms with van der Waals surface area (Å²) in [5, 5.41) is 5.70. The second-order valence-corrected chi connectivity index (χ2v) is 7.31. The van der Waals surface area contributed by atoms with Crippen LogP contribution < -0.4 is 10.6 Å². The van der Waals surface area contributed by atoms with Crippen LogP contribution in [-0.2, 0) is 6.54 Å². The lowest BCUT2D eigenvalue weighted by Crippen LogP contribution is -2.40. The number of amides is 2. The first-order valence-electron chi connectivity index (χ1n) is 9.10. The minimum absolute atomic E-state index is 0.215. The highest BCUT2D eigenvalue weighted by Crippen LogP contribution is 2.40. The molecule has 1 saturated heterocycles. The molecule has 24 heavy (non-hydrogen) atoms. The summed E-state index contributed by atoms with van der Waals surface area (Å²) in [5.41, 5.74) is 1.63. The minimum atomic E-state index is -0.218. The molecule has 2 amide bonds. The van der Waals surface area contributed by atoms with Gasteiger partial charge in [-0.05, 0) is 62.7 Å². The lowest BCUT2D eigenvalue weighted by Gasteiger charge is -2.20. The number of benzene rings is 1. The third-order valence-corrected chi connectivity index (χ3v) is 5.09. The fourth-order valence-electron chi connectivity index (χ4n) is 3.46. The first-order valence-corrected chi connectivity index (χ1v) is 9.10. The molecule has 0 spiro atoms. The van der Waals surface area contributed by atoms with Crippen LogP contribution in [-0.4, -0.2) is 37.6 Å². The van der Waals surface area contributed by atoms with Gasteiger partial charge in [-0.25, -0.2) is 9.18 Å². The standard InChI is InChI=1S/C19H28FN3O/c1-23-9-3-2-4-14(13-23)11-21-19(24)22-12-17-8-7-16(10-18(17)20)15-5-6-15/h7-8,10,14-15H,2-6,9,11-13H2,1H3,(H2,21,22,24). The molecule has 1 aliphatic carbocycles. The van der Waals surface area contributed by atoms with E-state index >= 15 is 0 Å². The third kappa shape index (κ3) is 4.94. The predicted octanol–water partition coefficient (Wildman–Crippen LogP) is 3.23. The Morgan fingerprint density at radius 2 is 2.08 bits per heavy atom. The third-order valence-electron chi connectivity index (χ3n) is 5.09. The first-order chi connectivity index (χ1) is 11.6. The van der Waals surface area contributed by atoms with Crippen molar-refractivity contribution in [2.24, 2.45) is 5.92 Å². The largest absolute Gasteiger partial charge is 0.338 e. The van der Waals surface area contributed by atoms with Gasteiger partial charge in [0.2, 0.25) is 0 Å². The van der Waals surface area contributed by atoms with Crippen LogP contribution in [0, 0.1) is 11.7 Å². The summed E-state index contributed by atoms with van der Waals surface area (Å²) in [7, 11) is 2.13. The molecule has 2 N–H and O–H groups in total. The maximum atomic E-state index is 14.1. The number of hydrogen-bond donors (Lipinski definition) is 2. The molecule has 1 aliphatic heterocycles. The lowest BCUT2D eigenvalue weighted by molar-refractivity contribution is 0.234. The number of hydrogen-bond acceptors (Lipinski definition) is 2. The number of halogens is 1. The SMILES string of the molecule is CN1CCCCC(CNC(=O)NCc2ccc(C3CC3)cc2F)C1. The van der Waals surface area contributed by atoms with Crippen LogP contribution in [0.4, 0.5) is 9.18 Å². The van der Waals surface area contributed by atoms with Crippen LogP contribution >= 0.6 is 0 Å². The molecule has 1 atom stereocenters. The van der Waals surface area contributed by atoms with Crippen molar-refractivity contribution in [2.75, 3.05) is 26.7 Å². The second-order valence-electron chi connectivity index (χ2n) is 7.31. The van der Waals surface area contributed by atoms with E-state index < -0.39 is 0 Å².